The predicted octanol–water partition coefficient (Wildman–Crippen LogP) is 4.29. The zero-order valence-corrected chi connectivity index (χ0v) is 10.2. The molecule has 0 fully saturated rings. The lowest BCUT2D eigenvalue weighted by molar-refractivity contribution is 0.675. The fourth-order valence-corrected chi connectivity index (χ4v) is 1.85. The molecule has 0 aromatic carbocycles. The molecular formula is C12H22S. The largest absolute Gasteiger partial charge is 0.165 e. The standard InChI is InChI=1S/C12H22S/c1-5-7-8-12(6-2)11(3)9-10-13-4/h6-8,11H,5,9-10H2,1-4H3/b8-7-,12-6+. The van der Waals surface area contributed by atoms with Gasteiger partial charge in [-0.3, -0.25) is 0 Å². The van der Waals surface area contributed by atoms with E-state index in [1.807, 2.05) is 11.8 Å². The van der Waals surface area contributed by atoms with Gasteiger partial charge >= 0.3 is 0 Å². The molecule has 0 amide bonds. The van der Waals surface area contributed by atoms with Crippen molar-refractivity contribution >= 4 is 11.8 Å². The molecule has 0 N–H and O–H groups in total. The number of allylic oxidation sites excluding steroid dienone is 4. The summed E-state index contributed by atoms with van der Waals surface area (Å²) in [5.74, 6) is 1.97. The molecule has 0 heterocycles. The molecule has 0 aliphatic rings. The molecular weight excluding hydrogens is 176 g/mol. The van der Waals surface area contributed by atoms with Gasteiger partial charge in [-0.25, -0.2) is 0 Å². The van der Waals surface area contributed by atoms with Crippen molar-refractivity contribution in [3.63, 3.8) is 0 Å². The SMILES string of the molecule is C/C=C(\C=C/CC)C(C)CCSC. The second kappa shape index (κ2) is 8.43. The third kappa shape index (κ3) is 5.98. The molecule has 0 nitrogen and oxygen atoms in total. The van der Waals surface area contributed by atoms with E-state index in [-0.39, 0.29) is 0 Å². The molecule has 76 valence electrons. The third-order valence-corrected chi connectivity index (χ3v) is 2.85. The van der Waals surface area contributed by atoms with Gasteiger partial charge in [0.15, 0.2) is 0 Å². The molecule has 0 saturated heterocycles. The third-order valence-electron chi connectivity index (χ3n) is 2.20. The van der Waals surface area contributed by atoms with Crippen LogP contribution >= 0.6 is 11.8 Å². The van der Waals surface area contributed by atoms with E-state index in [1.54, 1.807) is 0 Å². The topological polar surface area (TPSA) is 0 Å². The van der Waals surface area contributed by atoms with E-state index in [1.165, 1.54) is 17.7 Å². The Morgan fingerprint density at radius 1 is 1.46 bits per heavy atom. The molecule has 13 heavy (non-hydrogen) atoms. The van der Waals surface area contributed by atoms with Gasteiger partial charge in [0.2, 0.25) is 0 Å². The summed E-state index contributed by atoms with van der Waals surface area (Å²) in [6, 6.07) is 0. The quantitative estimate of drug-likeness (QED) is 0.574. The van der Waals surface area contributed by atoms with E-state index in [0.29, 0.717) is 5.92 Å². The van der Waals surface area contributed by atoms with Gasteiger partial charge in [0.25, 0.3) is 0 Å². The van der Waals surface area contributed by atoms with Crippen LogP contribution in [-0.2, 0) is 0 Å². The van der Waals surface area contributed by atoms with Crippen molar-refractivity contribution in [2.75, 3.05) is 12.0 Å². The Kier molecular flexibility index (Phi) is 8.32. The van der Waals surface area contributed by atoms with E-state index in [2.05, 4.69) is 45.3 Å². The molecule has 0 spiro atoms. The Labute approximate surface area is 87.5 Å². The van der Waals surface area contributed by atoms with Crippen LogP contribution in [0.2, 0.25) is 0 Å². The summed E-state index contributed by atoms with van der Waals surface area (Å²) in [4.78, 5) is 0. The first-order valence-electron chi connectivity index (χ1n) is 5.07. The van der Waals surface area contributed by atoms with Crippen LogP contribution in [0.3, 0.4) is 0 Å². The number of hydrogen-bond acceptors (Lipinski definition) is 1. The zero-order chi connectivity index (χ0) is 10.1. The lowest BCUT2D eigenvalue weighted by Gasteiger charge is -2.11. The molecule has 0 aromatic heterocycles. The van der Waals surface area contributed by atoms with E-state index >= 15 is 0 Å². The van der Waals surface area contributed by atoms with Crippen molar-refractivity contribution in [3.8, 4) is 0 Å². The number of thioether (sulfide) groups is 1. The fraction of sp³-hybridized carbons (Fsp3) is 0.667. The van der Waals surface area contributed by atoms with Crippen molar-refractivity contribution < 1.29 is 0 Å². The first kappa shape index (κ1) is 12.8. The van der Waals surface area contributed by atoms with Crippen LogP contribution in [0, 0.1) is 5.92 Å². The van der Waals surface area contributed by atoms with Crippen LogP contribution in [0.5, 0.6) is 0 Å². The summed E-state index contributed by atoms with van der Waals surface area (Å²) in [6.07, 6.45) is 11.3. The summed E-state index contributed by atoms with van der Waals surface area (Å²) < 4.78 is 0. The smallest absolute Gasteiger partial charge is 0.00646 e. The van der Waals surface area contributed by atoms with Crippen LogP contribution in [0.1, 0.15) is 33.6 Å². The van der Waals surface area contributed by atoms with Gasteiger partial charge < -0.3 is 0 Å². The predicted molar refractivity (Wildman–Crippen MR) is 65.4 cm³/mol. The Hall–Kier alpha value is -0.170. The molecule has 0 aliphatic heterocycles. The molecule has 0 aliphatic carbocycles. The minimum Gasteiger partial charge on any atom is -0.165 e. The van der Waals surface area contributed by atoms with Gasteiger partial charge in [0.1, 0.15) is 0 Å². The highest BCUT2D eigenvalue weighted by atomic mass is 32.2. The van der Waals surface area contributed by atoms with Crippen molar-refractivity contribution in [3.05, 3.63) is 23.8 Å². The van der Waals surface area contributed by atoms with Crippen molar-refractivity contribution in [2.24, 2.45) is 5.92 Å². The fourth-order valence-electron chi connectivity index (χ4n) is 1.26. The summed E-state index contributed by atoms with van der Waals surface area (Å²) >= 11 is 1.93. The van der Waals surface area contributed by atoms with E-state index < -0.39 is 0 Å². The zero-order valence-electron chi connectivity index (χ0n) is 9.34. The Morgan fingerprint density at radius 2 is 2.15 bits per heavy atom. The minimum atomic E-state index is 0.709. The van der Waals surface area contributed by atoms with Crippen LogP contribution < -0.4 is 0 Å². The molecule has 1 unspecified atom stereocenters. The van der Waals surface area contributed by atoms with E-state index in [0.717, 1.165) is 6.42 Å². The normalized spacial score (nSPS) is 15.2. The highest BCUT2D eigenvalue weighted by Gasteiger charge is 2.03. The highest BCUT2D eigenvalue weighted by Crippen LogP contribution is 2.18. The number of hydrogen-bond donors (Lipinski definition) is 0. The Bertz CT molecular complexity index is 168. The maximum atomic E-state index is 2.31. The van der Waals surface area contributed by atoms with Gasteiger partial charge in [-0.05, 0) is 43.3 Å². The summed E-state index contributed by atoms with van der Waals surface area (Å²) in [5.41, 5.74) is 1.48. The van der Waals surface area contributed by atoms with Crippen molar-refractivity contribution in [2.45, 2.75) is 33.6 Å². The van der Waals surface area contributed by atoms with Gasteiger partial charge in [0, 0.05) is 0 Å². The van der Waals surface area contributed by atoms with Crippen LogP contribution in [0.25, 0.3) is 0 Å². The maximum absolute atomic E-state index is 2.31. The monoisotopic (exact) mass is 198 g/mol. The lowest BCUT2D eigenvalue weighted by Crippen LogP contribution is -1.98. The first-order chi connectivity index (χ1) is 6.26. The van der Waals surface area contributed by atoms with Gasteiger partial charge in [-0.1, -0.05) is 32.1 Å². The molecule has 0 rings (SSSR count). The lowest BCUT2D eigenvalue weighted by atomic mass is 9.98. The van der Waals surface area contributed by atoms with E-state index in [9.17, 15) is 0 Å². The van der Waals surface area contributed by atoms with Crippen LogP contribution in [0.15, 0.2) is 23.8 Å². The molecule has 1 atom stereocenters. The molecule has 0 aromatic rings. The van der Waals surface area contributed by atoms with Crippen molar-refractivity contribution in [1.29, 1.82) is 0 Å². The molecule has 0 saturated carbocycles. The average Bonchev–Trinajstić information content (AvgIpc) is 2.16. The molecule has 0 bridgehead atoms. The van der Waals surface area contributed by atoms with Crippen LogP contribution in [-0.4, -0.2) is 12.0 Å². The average molecular weight is 198 g/mol. The Balaban J connectivity index is 4.01. The molecule has 1 heteroatoms. The molecule has 0 radical (unpaired) electrons. The summed E-state index contributed by atoms with van der Waals surface area (Å²) in [7, 11) is 0. The second-order valence-corrected chi connectivity index (χ2v) is 4.27. The van der Waals surface area contributed by atoms with Gasteiger partial charge in [0.05, 0.1) is 0 Å². The summed E-state index contributed by atoms with van der Waals surface area (Å²) in [5, 5.41) is 0. The van der Waals surface area contributed by atoms with Gasteiger partial charge in [-0.2, -0.15) is 11.8 Å². The van der Waals surface area contributed by atoms with E-state index in [4.69, 9.17) is 0 Å². The summed E-state index contributed by atoms with van der Waals surface area (Å²) in [6.45, 7) is 6.62. The minimum absolute atomic E-state index is 0.709. The highest BCUT2D eigenvalue weighted by molar-refractivity contribution is 7.98. The van der Waals surface area contributed by atoms with Crippen LogP contribution in [0.4, 0.5) is 0 Å². The second-order valence-electron chi connectivity index (χ2n) is 3.28. The number of rotatable bonds is 6. The van der Waals surface area contributed by atoms with Crippen molar-refractivity contribution in [1.82, 2.24) is 0 Å². The Morgan fingerprint density at radius 3 is 2.62 bits per heavy atom. The first-order valence-corrected chi connectivity index (χ1v) is 6.47. The van der Waals surface area contributed by atoms with Gasteiger partial charge in [-0.15, -0.1) is 0 Å². The maximum Gasteiger partial charge on any atom is -0.00646 e.